The molecule has 0 bridgehead atoms. The van der Waals surface area contributed by atoms with Crippen molar-refractivity contribution in [3.05, 3.63) is 51.6 Å². The van der Waals surface area contributed by atoms with Gasteiger partial charge < -0.3 is 14.9 Å². The number of phenolic OH excluding ortho intramolecular Hbond substituents is 2. The molecule has 2 aromatic rings. The number of aryl methyl sites for hydroxylation is 1. The predicted molar refractivity (Wildman–Crippen MR) is 86.0 cm³/mol. The van der Waals surface area contributed by atoms with Gasteiger partial charge in [-0.3, -0.25) is 15.1 Å². The van der Waals surface area contributed by atoms with E-state index in [-0.39, 0.29) is 35.1 Å². The second-order valence-corrected chi connectivity index (χ2v) is 4.82. The Hall–Kier alpha value is -3.09. The van der Waals surface area contributed by atoms with Gasteiger partial charge in [0.1, 0.15) is 11.4 Å². The number of hydrogen-bond acceptors (Lipinski definition) is 6. The molecule has 0 saturated heterocycles. The summed E-state index contributed by atoms with van der Waals surface area (Å²) in [6.07, 6.45) is 1.25. The zero-order chi connectivity index (χ0) is 17.0. The van der Waals surface area contributed by atoms with Crippen LogP contribution in [0.3, 0.4) is 0 Å². The summed E-state index contributed by atoms with van der Waals surface area (Å²) in [4.78, 5) is 14.5. The van der Waals surface area contributed by atoms with Crippen LogP contribution in [0.25, 0.3) is 0 Å². The summed E-state index contributed by atoms with van der Waals surface area (Å²) < 4.78 is 5.19. The first-order valence-electron chi connectivity index (χ1n) is 6.90. The van der Waals surface area contributed by atoms with Gasteiger partial charge in [0.05, 0.1) is 17.6 Å². The number of nitrogens with zero attached hydrogens (tertiary/aromatic N) is 2. The third kappa shape index (κ3) is 3.76. The Bertz CT molecular complexity index is 771. The average Bonchev–Trinajstić information content (AvgIpc) is 2.49. The summed E-state index contributed by atoms with van der Waals surface area (Å²) in [6.45, 7) is 3.79. The lowest BCUT2D eigenvalue weighted by Crippen LogP contribution is -1.97. The molecule has 7 heteroatoms. The van der Waals surface area contributed by atoms with Gasteiger partial charge in [-0.05, 0) is 31.5 Å². The number of hydrogen-bond donors (Lipinski definition) is 2. The van der Waals surface area contributed by atoms with Crippen molar-refractivity contribution in [2.75, 3.05) is 6.61 Å². The van der Waals surface area contributed by atoms with E-state index >= 15 is 0 Å². The molecule has 0 amide bonds. The summed E-state index contributed by atoms with van der Waals surface area (Å²) in [5.41, 5.74) is 1.07. The molecule has 120 valence electrons. The Balaban J connectivity index is 2.45. The van der Waals surface area contributed by atoms with Crippen molar-refractivity contribution in [2.24, 2.45) is 4.99 Å². The van der Waals surface area contributed by atoms with Gasteiger partial charge in [0.25, 0.3) is 5.69 Å². The molecule has 0 spiro atoms. The van der Waals surface area contributed by atoms with E-state index in [0.29, 0.717) is 5.69 Å². The maximum atomic E-state index is 11.0. The molecule has 0 saturated carbocycles. The number of non-ortho nitro benzene ring substituents is 1. The quantitative estimate of drug-likeness (QED) is 0.499. The van der Waals surface area contributed by atoms with E-state index < -0.39 is 4.92 Å². The van der Waals surface area contributed by atoms with Crippen LogP contribution in [0.1, 0.15) is 18.1 Å². The number of aliphatic imine (C=N–C) groups is 1. The molecule has 0 aromatic heterocycles. The van der Waals surface area contributed by atoms with Gasteiger partial charge in [-0.2, -0.15) is 0 Å². The van der Waals surface area contributed by atoms with E-state index in [1.54, 1.807) is 25.1 Å². The van der Waals surface area contributed by atoms with Crippen LogP contribution in [0.2, 0.25) is 0 Å². The first-order chi connectivity index (χ1) is 10.9. The number of phenols is 2. The monoisotopic (exact) mass is 316 g/mol. The Morgan fingerprint density at radius 2 is 2.04 bits per heavy atom. The normalized spacial score (nSPS) is 10.9. The van der Waals surface area contributed by atoms with Gasteiger partial charge >= 0.3 is 0 Å². The number of benzene rings is 2. The Morgan fingerprint density at radius 3 is 2.65 bits per heavy atom. The molecule has 2 rings (SSSR count). The van der Waals surface area contributed by atoms with Crippen molar-refractivity contribution in [1.82, 2.24) is 0 Å². The van der Waals surface area contributed by atoms with E-state index in [2.05, 4.69) is 4.99 Å². The van der Waals surface area contributed by atoms with Crippen LogP contribution >= 0.6 is 0 Å². The smallest absolute Gasteiger partial charge is 0.274 e. The molecule has 0 unspecified atom stereocenters. The standard InChI is InChI=1S/C16H16N2O5/c1-3-23-15-8-12(18(21)22)7-11(16(15)20)9-17-13-5-4-10(2)6-14(13)19/h4-9,19-20H,3H2,1-2H3. The highest BCUT2D eigenvalue weighted by Crippen LogP contribution is 2.34. The van der Waals surface area contributed by atoms with E-state index in [1.165, 1.54) is 12.3 Å². The van der Waals surface area contributed by atoms with Gasteiger partial charge in [-0.1, -0.05) is 6.07 Å². The summed E-state index contributed by atoms with van der Waals surface area (Å²) in [5.74, 6) is -0.250. The van der Waals surface area contributed by atoms with Gasteiger partial charge in [0.15, 0.2) is 11.5 Å². The van der Waals surface area contributed by atoms with Gasteiger partial charge in [0.2, 0.25) is 0 Å². The fourth-order valence-electron chi connectivity index (χ4n) is 1.97. The molecule has 0 atom stereocenters. The fourth-order valence-corrected chi connectivity index (χ4v) is 1.97. The van der Waals surface area contributed by atoms with Crippen LogP contribution in [0.5, 0.6) is 17.2 Å². The maximum absolute atomic E-state index is 11.0. The first-order valence-corrected chi connectivity index (χ1v) is 6.90. The van der Waals surface area contributed by atoms with Crippen molar-refractivity contribution in [1.29, 1.82) is 0 Å². The third-order valence-corrected chi connectivity index (χ3v) is 3.07. The van der Waals surface area contributed by atoms with Crippen LogP contribution in [0.4, 0.5) is 11.4 Å². The molecule has 2 N–H and O–H groups in total. The molecule has 7 nitrogen and oxygen atoms in total. The Kier molecular flexibility index (Phi) is 4.80. The first kappa shape index (κ1) is 16.3. The number of aromatic hydroxyl groups is 2. The molecule has 0 aliphatic carbocycles. The molecular weight excluding hydrogens is 300 g/mol. The summed E-state index contributed by atoms with van der Waals surface area (Å²) >= 11 is 0. The average molecular weight is 316 g/mol. The Labute approximate surface area is 132 Å². The number of nitro groups is 1. The van der Waals surface area contributed by atoms with Gasteiger partial charge in [0, 0.05) is 17.8 Å². The van der Waals surface area contributed by atoms with Crippen LogP contribution in [0.15, 0.2) is 35.3 Å². The summed E-state index contributed by atoms with van der Waals surface area (Å²) in [6, 6.07) is 7.27. The lowest BCUT2D eigenvalue weighted by molar-refractivity contribution is -0.385. The zero-order valence-electron chi connectivity index (χ0n) is 12.7. The molecule has 0 heterocycles. The second kappa shape index (κ2) is 6.78. The van der Waals surface area contributed by atoms with E-state index in [4.69, 9.17) is 4.74 Å². The highest BCUT2D eigenvalue weighted by Gasteiger charge is 2.16. The minimum absolute atomic E-state index is 0.0104. The molecule has 0 fully saturated rings. The number of ether oxygens (including phenoxy) is 1. The Morgan fingerprint density at radius 1 is 1.30 bits per heavy atom. The summed E-state index contributed by atoms with van der Waals surface area (Å²) in [7, 11) is 0. The highest BCUT2D eigenvalue weighted by molar-refractivity contribution is 5.88. The molecule has 0 aliphatic heterocycles. The van der Waals surface area contributed by atoms with Gasteiger partial charge in [-0.25, -0.2) is 0 Å². The van der Waals surface area contributed by atoms with Crippen molar-refractivity contribution < 1.29 is 19.9 Å². The predicted octanol–water partition coefficient (Wildman–Crippen LogP) is 3.46. The van der Waals surface area contributed by atoms with Gasteiger partial charge in [-0.15, -0.1) is 0 Å². The van der Waals surface area contributed by atoms with Crippen molar-refractivity contribution in [3.8, 4) is 17.2 Å². The molecule has 2 aromatic carbocycles. The largest absolute Gasteiger partial charge is 0.506 e. The van der Waals surface area contributed by atoms with E-state index in [9.17, 15) is 20.3 Å². The molecule has 23 heavy (non-hydrogen) atoms. The lowest BCUT2D eigenvalue weighted by Gasteiger charge is -2.08. The lowest BCUT2D eigenvalue weighted by atomic mass is 10.1. The minimum atomic E-state index is -0.581. The molecule has 0 aliphatic rings. The number of rotatable bonds is 5. The van der Waals surface area contributed by atoms with Crippen LogP contribution < -0.4 is 4.74 Å². The van der Waals surface area contributed by atoms with E-state index in [1.807, 2.05) is 6.92 Å². The van der Waals surface area contributed by atoms with E-state index in [0.717, 1.165) is 11.6 Å². The number of nitro benzene ring substituents is 1. The van der Waals surface area contributed by atoms with Crippen LogP contribution in [0, 0.1) is 17.0 Å². The molecule has 0 radical (unpaired) electrons. The van der Waals surface area contributed by atoms with Crippen molar-refractivity contribution in [3.63, 3.8) is 0 Å². The van der Waals surface area contributed by atoms with Crippen molar-refractivity contribution >= 4 is 17.6 Å². The fraction of sp³-hybridized carbons (Fsp3) is 0.188. The highest BCUT2D eigenvalue weighted by atomic mass is 16.6. The van der Waals surface area contributed by atoms with Crippen LogP contribution in [-0.4, -0.2) is 28.0 Å². The zero-order valence-corrected chi connectivity index (χ0v) is 12.7. The second-order valence-electron chi connectivity index (χ2n) is 4.82. The minimum Gasteiger partial charge on any atom is -0.506 e. The third-order valence-electron chi connectivity index (χ3n) is 3.07. The van der Waals surface area contributed by atoms with Crippen molar-refractivity contribution in [2.45, 2.75) is 13.8 Å². The van der Waals surface area contributed by atoms with Crippen LogP contribution in [-0.2, 0) is 0 Å². The summed E-state index contributed by atoms with van der Waals surface area (Å²) in [5, 5.41) is 30.9. The molecular formula is C16H16N2O5. The topological polar surface area (TPSA) is 105 Å². The SMILES string of the molecule is CCOc1cc([N+](=O)[O-])cc(C=Nc2ccc(C)cc2O)c1O. The maximum Gasteiger partial charge on any atom is 0.274 e.